The van der Waals surface area contributed by atoms with Gasteiger partial charge in [0.05, 0.1) is 29.9 Å². The minimum absolute atomic E-state index is 0.191. The maximum atomic E-state index is 13.0. The van der Waals surface area contributed by atoms with E-state index in [-0.39, 0.29) is 5.76 Å². The number of aryl methyl sites for hydroxylation is 3. The third-order valence-electron chi connectivity index (χ3n) is 5.72. The van der Waals surface area contributed by atoms with E-state index in [4.69, 9.17) is 14.9 Å². The van der Waals surface area contributed by atoms with E-state index in [2.05, 4.69) is 27.1 Å². The van der Waals surface area contributed by atoms with Crippen LogP contribution in [0.25, 0.3) is 11.0 Å². The van der Waals surface area contributed by atoms with Crippen LogP contribution >= 0.6 is 0 Å². The first-order chi connectivity index (χ1) is 15.9. The van der Waals surface area contributed by atoms with Gasteiger partial charge in [-0.2, -0.15) is 0 Å². The lowest BCUT2D eigenvalue weighted by atomic mass is 10.1. The van der Waals surface area contributed by atoms with Crippen molar-refractivity contribution >= 4 is 28.8 Å². The van der Waals surface area contributed by atoms with Crippen LogP contribution in [0.5, 0.6) is 0 Å². The molecule has 3 aromatic rings. The molecule has 0 unspecified atom stereocenters. The number of morpholine rings is 1. The molecule has 1 aliphatic heterocycles. The zero-order valence-corrected chi connectivity index (χ0v) is 19.3. The SMILES string of the molecule is CCCn1c(NC(=O)c2oc(C)nc2CC)nc2cc(C(N)=O)cc(CN3CCOCC3)c21. The number of fused-ring (bicyclic) bond motifs is 1. The van der Waals surface area contributed by atoms with Crippen molar-refractivity contribution in [2.45, 2.75) is 46.7 Å². The molecule has 176 valence electrons. The van der Waals surface area contributed by atoms with E-state index in [1.165, 1.54) is 0 Å². The molecule has 3 heterocycles. The number of nitrogens with zero attached hydrogens (tertiary/aromatic N) is 4. The van der Waals surface area contributed by atoms with Gasteiger partial charge in [-0.25, -0.2) is 9.97 Å². The Morgan fingerprint density at radius 3 is 2.61 bits per heavy atom. The van der Waals surface area contributed by atoms with Crippen molar-refractivity contribution in [2.75, 3.05) is 31.6 Å². The first-order valence-corrected chi connectivity index (χ1v) is 11.3. The quantitative estimate of drug-likeness (QED) is 0.535. The van der Waals surface area contributed by atoms with Crippen LogP contribution in [0.3, 0.4) is 0 Å². The minimum Gasteiger partial charge on any atom is -0.436 e. The summed E-state index contributed by atoms with van der Waals surface area (Å²) in [6.07, 6.45) is 1.42. The van der Waals surface area contributed by atoms with Gasteiger partial charge >= 0.3 is 0 Å². The summed E-state index contributed by atoms with van der Waals surface area (Å²) in [5.41, 5.74) is 9.04. The summed E-state index contributed by atoms with van der Waals surface area (Å²) in [4.78, 5) is 36.3. The largest absolute Gasteiger partial charge is 0.436 e. The van der Waals surface area contributed by atoms with Gasteiger partial charge in [0.2, 0.25) is 17.6 Å². The second-order valence-electron chi connectivity index (χ2n) is 8.16. The van der Waals surface area contributed by atoms with Crippen LogP contribution in [0.15, 0.2) is 16.5 Å². The number of nitrogens with one attached hydrogen (secondary N) is 1. The van der Waals surface area contributed by atoms with Crippen LogP contribution < -0.4 is 11.1 Å². The molecule has 2 amide bonds. The smallest absolute Gasteiger partial charge is 0.295 e. The van der Waals surface area contributed by atoms with Crippen LogP contribution in [0.4, 0.5) is 5.95 Å². The number of primary amides is 1. The van der Waals surface area contributed by atoms with E-state index in [0.717, 1.165) is 30.6 Å². The Kier molecular flexibility index (Phi) is 6.75. The Morgan fingerprint density at radius 1 is 1.18 bits per heavy atom. The summed E-state index contributed by atoms with van der Waals surface area (Å²) in [6, 6.07) is 3.51. The van der Waals surface area contributed by atoms with Gasteiger partial charge in [0.15, 0.2) is 5.89 Å². The van der Waals surface area contributed by atoms with E-state index in [1.807, 2.05) is 17.6 Å². The van der Waals surface area contributed by atoms with Crippen molar-refractivity contribution in [2.24, 2.45) is 5.73 Å². The van der Waals surface area contributed by atoms with Gasteiger partial charge in [-0.1, -0.05) is 13.8 Å². The first kappa shape index (κ1) is 22.9. The summed E-state index contributed by atoms with van der Waals surface area (Å²) in [5, 5.41) is 2.90. The molecule has 1 aromatic carbocycles. The van der Waals surface area contributed by atoms with Gasteiger partial charge < -0.3 is 19.5 Å². The molecule has 1 saturated heterocycles. The van der Waals surface area contributed by atoms with Gasteiger partial charge in [0.1, 0.15) is 0 Å². The highest BCUT2D eigenvalue weighted by Gasteiger charge is 2.23. The molecule has 1 aliphatic rings. The standard InChI is InChI=1S/C23H30N6O4/c1-4-6-29-19-16(13-28-7-9-32-10-8-28)11-15(21(24)30)12-18(19)26-23(29)27-22(31)20-17(5-2)25-14(3)33-20/h11-12H,4-10,13H2,1-3H3,(H2,24,30)(H,26,27,31). The number of benzene rings is 1. The van der Waals surface area contributed by atoms with Gasteiger partial charge in [0.25, 0.3) is 5.91 Å². The molecule has 2 aromatic heterocycles. The van der Waals surface area contributed by atoms with E-state index in [0.29, 0.717) is 61.3 Å². The lowest BCUT2D eigenvalue weighted by Crippen LogP contribution is -2.35. The van der Waals surface area contributed by atoms with Crippen LogP contribution in [0.1, 0.15) is 58.3 Å². The summed E-state index contributed by atoms with van der Waals surface area (Å²) >= 11 is 0. The number of hydrogen-bond acceptors (Lipinski definition) is 7. The number of aromatic nitrogens is 3. The van der Waals surface area contributed by atoms with Crippen LogP contribution in [-0.2, 0) is 24.2 Å². The van der Waals surface area contributed by atoms with E-state index in [9.17, 15) is 9.59 Å². The molecule has 0 aliphatic carbocycles. The third kappa shape index (κ3) is 4.76. The highest BCUT2D eigenvalue weighted by Crippen LogP contribution is 2.28. The topological polar surface area (TPSA) is 129 Å². The Hall–Kier alpha value is -3.24. The molecule has 0 radical (unpaired) electrons. The van der Waals surface area contributed by atoms with Crippen molar-refractivity contribution in [1.82, 2.24) is 19.4 Å². The van der Waals surface area contributed by atoms with Crippen molar-refractivity contribution in [3.05, 3.63) is 40.6 Å². The van der Waals surface area contributed by atoms with Gasteiger partial charge in [-0.15, -0.1) is 0 Å². The van der Waals surface area contributed by atoms with Gasteiger partial charge in [-0.3, -0.25) is 19.8 Å². The average Bonchev–Trinajstić information content (AvgIpc) is 3.34. The zero-order valence-electron chi connectivity index (χ0n) is 19.3. The molecule has 10 heteroatoms. The molecule has 4 rings (SSSR count). The van der Waals surface area contributed by atoms with Crippen LogP contribution in [0, 0.1) is 6.92 Å². The van der Waals surface area contributed by atoms with E-state index < -0.39 is 11.8 Å². The zero-order chi connectivity index (χ0) is 23.5. The van der Waals surface area contributed by atoms with Gasteiger partial charge in [0, 0.05) is 38.7 Å². The molecule has 0 spiro atoms. The summed E-state index contributed by atoms with van der Waals surface area (Å²) in [7, 11) is 0. The molecule has 0 bridgehead atoms. The van der Waals surface area contributed by atoms with Crippen LogP contribution in [0.2, 0.25) is 0 Å². The summed E-state index contributed by atoms with van der Waals surface area (Å²) in [5.74, 6) is 0.123. The predicted octanol–water partition coefficient (Wildman–Crippen LogP) is 2.49. The fourth-order valence-electron chi connectivity index (χ4n) is 4.20. The maximum absolute atomic E-state index is 13.0. The normalized spacial score (nSPS) is 14.6. The van der Waals surface area contributed by atoms with Crippen molar-refractivity contribution in [1.29, 1.82) is 0 Å². The molecule has 33 heavy (non-hydrogen) atoms. The maximum Gasteiger partial charge on any atom is 0.295 e. The van der Waals surface area contributed by atoms with Crippen LogP contribution in [-0.4, -0.2) is 57.6 Å². The Balaban J connectivity index is 1.77. The van der Waals surface area contributed by atoms with Crippen molar-refractivity contribution in [3.63, 3.8) is 0 Å². The number of hydrogen-bond donors (Lipinski definition) is 2. The molecule has 1 fully saturated rings. The molecular weight excluding hydrogens is 424 g/mol. The summed E-state index contributed by atoms with van der Waals surface area (Å²) in [6.45, 7) is 9.92. The molecule has 0 atom stereocenters. The predicted molar refractivity (Wildman–Crippen MR) is 123 cm³/mol. The highest BCUT2D eigenvalue weighted by atomic mass is 16.5. The fourth-order valence-corrected chi connectivity index (χ4v) is 4.20. The molecular formula is C23H30N6O4. The first-order valence-electron chi connectivity index (χ1n) is 11.3. The average molecular weight is 455 g/mol. The number of ether oxygens (including phenoxy) is 1. The molecule has 0 saturated carbocycles. The number of amides is 2. The lowest BCUT2D eigenvalue weighted by Gasteiger charge is -2.27. The van der Waals surface area contributed by atoms with Crippen molar-refractivity contribution < 1.29 is 18.7 Å². The number of imidazole rings is 1. The molecule has 3 N–H and O–H groups in total. The second-order valence-corrected chi connectivity index (χ2v) is 8.16. The number of rotatable bonds is 8. The van der Waals surface area contributed by atoms with Gasteiger partial charge in [-0.05, 0) is 30.5 Å². The monoisotopic (exact) mass is 454 g/mol. The van der Waals surface area contributed by atoms with E-state index >= 15 is 0 Å². The number of nitrogens with two attached hydrogens (primary N) is 1. The minimum atomic E-state index is -0.513. The Morgan fingerprint density at radius 2 is 1.94 bits per heavy atom. The number of anilines is 1. The fraction of sp³-hybridized carbons (Fsp3) is 0.478. The Bertz CT molecular complexity index is 1180. The lowest BCUT2D eigenvalue weighted by molar-refractivity contribution is 0.0343. The molecule has 10 nitrogen and oxygen atoms in total. The Labute approximate surface area is 192 Å². The van der Waals surface area contributed by atoms with E-state index in [1.54, 1.807) is 13.0 Å². The number of carbonyl (C=O) groups is 2. The third-order valence-corrected chi connectivity index (χ3v) is 5.72. The van der Waals surface area contributed by atoms with Crippen molar-refractivity contribution in [3.8, 4) is 0 Å². The number of carbonyl (C=O) groups excluding carboxylic acids is 2. The summed E-state index contributed by atoms with van der Waals surface area (Å²) < 4.78 is 13.0. The second kappa shape index (κ2) is 9.72. The number of oxazole rings is 1. The highest BCUT2D eigenvalue weighted by molar-refractivity contribution is 6.03.